The lowest BCUT2D eigenvalue weighted by Crippen LogP contribution is -2.29. The maximum absolute atomic E-state index is 5.76. The second-order valence-electron chi connectivity index (χ2n) is 4.52. The minimum Gasteiger partial charge on any atom is -0.497 e. The molecule has 3 N–H and O–H groups in total. The molecule has 3 nitrogen and oxygen atoms in total. The van der Waals surface area contributed by atoms with Crippen molar-refractivity contribution < 1.29 is 4.74 Å². The lowest BCUT2D eigenvalue weighted by atomic mass is 9.95. The highest BCUT2D eigenvalue weighted by Crippen LogP contribution is 2.30. The van der Waals surface area contributed by atoms with Crippen LogP contribution in [0.2, 0.25) is 0 Å². The summed E-state index contributed by atoms with van der Waals surface area (Å²) in [5.41, 5.74) is 6.22. The van der Waals surface area contributed by atoms with E-state index < -0.39 is 0 Å². The van der Waals surface area contributed by atoms with E-state index in [2.05, 4.69) is 56.3 Å². The van der Waals surface area contributed by atoms with Crippen molar-refractivity contribution in [3.05, 3.63) is 62.0 Å². The van der Waals surface area contributed by atoms with Crippen LogP contribution >= 0.6 is 31.9 Å². The number of nitrogens with one attached hydrogen (secondary N) is 1. The molecule has 0 bridgehead atoms. The molecule has 0 aliphatic carbocycles. The molecule has 1 atom stereocenters. The van der Waals surface area contributed by atoms with Crippen molar-refractivity contribution in [2.75, 3.05) is 7.11 Å². The van der Waals surface area contributed by atoms with Gasteiger partial charge in [-0.2, -0.15) is 0 Å². The molecule has 0 aliphatic heterocycles. The van der Waals surface area contributed by atoms with Gasteiger partial charge in [-0.3, -0.25) is 5.84 Å². The molecule has 0 aliphatic rings. The van der Waals surface area contributed by atoms with Crippen molar-refractivity contribution in [1.82, 2.24) is 5.43 Å². The molecule has 0 fully saturated rings. The van der Waals surface area contributed by atoms with Gasteiger partial charge in [0.2, 0.25) is 0 Å². The van der Waals surface area contributed by atoms with Gasteiger partial charge in [0, 0.05) is 8.95 Å². The largest absolute Gasteiger partial charge is 0.497 e. The Bertz CT molecular complexity index is 597. The van der Waals surface area contributed by atoms with Crippen molar-refractivity contribution in [1.29, 1.82) is 0 Å². The number of aryl methyl sites for hydroxylation is 1. The number of benzene rings is 2. The van der Waals surface area contributed by atoms with Gasteiger partial charge in [0.25, 0.3) is 0 Å². The van der Waals surface area contributed by atoms with Gasteiger partial charge in [-0.1, -0.05) is 37.9 Å². The summed E-state index contributed by atoms with van der Waals surface area (Å²) < 4.78 is 7.26. The predicted octanol–water partition coefficient (Wildman–Crippen LogP) is 4.08. The van der Waals surface area contributed by atoms with Crippen LogP contribution in [0, 0.1) is 6.92 Å². The van der Waals surface area contributed by atoms with Crippen molar-refractivity contribution >= 4 is 31.9 Å². The maximum Gasteiger partial charge on any atom is 0.119 e. The fourth-order valence-corrected chi connectivity index (χ4v) is 3.54. The van der Waals surface area contributed by atoms with Crippen LogP contribution in [0.5, 0.6) is 5.75 Å². The Balaban J connectivity index is 2.46. The number of hydrogen-bond acceptors (Lipinski definition) is 3. The van der Waals surface area contributed by atoms with Crippen LogP contribution in [-0.4, -0.2) is 7.11 Å². The molecule has 2 aromatic rings. The normalized spacial score (nSPS) is 12.2. The van der Waals surface area contributed by atoms with Crippen LogP contribution in [0.3, 0.4) is 0 Å². The average Bonchev–Trinajstić information content (AvgIpc) is 2.40. The Morgan fingerprint density at radius 2 is 1.75 bits per heavy atom. The quantitative estimate of drug-likeness (QED) is 0.601. The SMILES string of the molecule is COc1ccc(C(NN)c2cc(Br)cc(Br)c2)c(C)c1. The van der Waals surface area contributed by atoms with Gasteiger partial charge in [0.15, 0.2) is 0 Å². The summed E-state index contributed by atoms with van der Waals surface area (Å²) in [6.07, 6.45) is 0. The van der Waals surface area contributed by atoms with Gasteiger partial charge in [-0.25, -0.2) is 5.43 Å². The van der Waals surface area contributed by atoms with Crippen molar-refractivity contribution in [3.63, 3.8) is 0 Å². The highest BCUT2D eigenvalue weighted by Gasteiger charge is 2.16. The predicted molar refractivity (Wildman–Crippen MR) is 88.7 cm³/mol. The van der Waals surface area contributed by atoms with Crippen molar-refractivity contribution in [2.45, 2.75) is 13.0 Å². The molecule has 5 heteroatoms. The molecule has 106 valence electrons. The first-order valence-corrected chi connectivity index (χ1v) is 7.70. The standard InChI is InChI=1S/C15H16Br2N2O/c1-9-5-13(20-2)3-4-14(9)15(19-18)10-6-11(16)8-12(17)7-10/h3-8,15,19H,18H2,1-2H3. The molecular formula is C15H16Br2N2O. The third-order valence-corrected chi connectivity index (χ3v) is 4.09. The van der Waals surface area contributed by atoms with Crippen LogP contribution < -0.4 is 16.0 Å². The molecule has 20 heavy (non-hydrogen) atoms. The third-order valence-electron chi connectivity index (χ3n) is 3.17. The van der Waals surface area contributed by atoms with Crippen LogP contribution in [0.1, 0.15) is 22.7 Å². The summed E-state index contributed by atoms with van der Waals surface area (Å²) in [6, 6.07) is 12.0. The van der Waals surface area contributed by atoms with Gasteiger partial charge < -0.3 is 4.74 Å². The molecule has 0 radical (unpaired) electrons. The molecule has 2 rings (SSSR count). The Morgan fingerprint density at radius 1 is 1.10 bits per heavy atom. The molecule has 2 aromatic carbocycles. The Kier molecular flexibility index (Phi) is 5.21. The first-order chi connectivity index (χ1) is 9.55. The number of ether oxygens (including phenoxy) is 1. The summed E-state index contributed by atoms with van der Waals surface area (Å²) in [5.74, 6) is 6.61. The van der Waals surface area contributed by atoms with E-state index >= 15 is 0 Å². The molecule has 0 saturated carbocycles. The van der Waals surface area contributed by atoms with E-state index in [0.29, 0.717) is 0 Å². The van der Waals surface area contributed by atoms with E-state index in [-0.39, 0.29) is 6.04 Å². The van der Waals surface area contributed by atoms with Crippen LogP contribution in [0.4, 0.5) is 0 Å². The summed E-state index contributed by atoms with van der Waals surface area (Å²) in [4.78, 5) is 0. The molecule has 0 saturated heterocycles. The minimum atomic E-state index is -0.0743. The zero-order valence-corrected chi connectivity index (χ0v) is 14.5. The van der Waals surface area contributed by atoms with Gasteiger partial charge in [-0.05, 0) is 53.9 Å². The third kappa shape index (κ3) is 3.41. The number of rotatable bonds is 4. The van der Waals surface area contributed by atoms with E-state index in [1.165, 1.54) is 0 Å². The number of hydrogen-bond donors (Lipinski definition) is 2. The number of hydrazine groups is 1. The molecular weight excluding hydrogens is 384 g/mol. The lowest BCUT2D eigenvalue weighted by Gasteiger charge is -2.20. The Hall–Kier alpha value is -0.880. The summed E-state index contributed by atoms with van der Waals surface area (Å²) >= 11 is 7.01. The number of methoxy groups -OCH3 is 1. The van der Waals surface area contributed by atoms with E-state index in [4.69, 9.17) is 10.6 Å². The fourth-order valence-electron chi connectivity index (χ4n) is 2.21. The van der Waals surface area contributed by atoms with Gasteiger partial charge in [-0.15, -0.1) is 0 Å². The smallest absolute Gasteiger partial charge is 0.119 e. The average molecular weight is 400 g/mol. The summed E-state index contributed by atoms with van der Waals surface area (Å²) in [5, 5.41) is 0. The lowest BCUT2D eigenvalue weighted by molar-refractivity contribution is 0.414. The topological polar surface area (TPSA) is 47.3 Å². The molecule has 0 amide bonds. The second kappa shape index (κ2) is 6.72. The monoisotopic (exact) mass is 398 g/mol. The summed E-state index contributed by atoms with van der Waals surface area (Å²) in [6.45, 7) is 2.05. The zero-order chi connectivity index (χ0) is 14.7. The van der Waals surface area contributed by atoms with E-state index in [0.717, 1.165) is 31.4 Å². The fraction of sp³-hybridized carbons (Fsp3) is 0.200. The molecule has 0 aromatic heterocycles. The maximum atomic E-state index is 5.76. The Labute approximate surface area is 135 Å². The Morgan fingerprint density at radius 3 is 2.25 bits per heavy atom. The molecule has 0 heterocycles. The van der Waals surface area contributed by atoms with Crippen molar-refractivity contribution in [2.24, 2.45) is 5.84 Å². The number of halogens is 2. The highest BCUT2D eigenvalue weighted by molar-refractivity contribution is 9.11. The van der Waals surface area contributed by atoms with E-state index in [1.807, 2.05) is 24.3 Å². The molecule has 1 unspecified atom stereocenters. The van der Waals surface area contributed by atoms with Gasteiger partial charge >= 0.3 is 0 Å². The minimum absolute atomic E-state index is 0.0743. The second-order valence-corrected chi connectivity index (χ2v) is 6.36. The first-order valence-electron chi connectivity index (χ1n) is 6.12. The zero-order valence-electron chi connectivity index (χ0n) is 11.3. The van der Waals surface area contributed by atoms with Crippen LogP contribution in [0.15, 0.2) is 45.3 Å². The summed E-state index contributed by atoms with van der Waals surface area (Å²) in [7, 11) is 1.67. The first kappa shape index (κ1) is 15.5. The van der Waals surface area contributed by atoms with E-state index in [1.54, 1.807) is 7.11 Å². The van der Waals surface area contributed by atoms with Gasteiger partial charge in [0.1, 0.15) is 5.75 Å². The number of nitrogens with two attached hydrogens (primary N) is 1. The van der Waals surface area contributed by atoms with Gasteiger partial charge in [0.05, 0.1) is 13.2 Å². The molecule has 0 spiro atoms. The van der Waals surface area contributed by atoms with Crippen molar-refractivity contribution in [3.8, 4) is 5.75 Å². The van der Waals surface area contributed by atoms with Crippen LogP contribution in [-0.2, 0) is 0 Å². The van der Waals surface area contributed by atoms with E-state index in [9.17, 15) is 0 Å². The van der Waals surface area contributed by atoms with Crippen LogP contribution in [0.25, 0.3) is 0 Å². The highest BCUT2D eigenvalue weighted by atomic mass is 79.9.